The molecule has 7 heteroatoms. The van der Waals surface area contributed by atoms with E-state index in [0.29, 0.717) is 6.54 Å². The first-order valence-electron chi connectivity index (χ1n) is 8.37. The van der Waals surface area contributed by atoms with Crippen LogP contribution in [0.5, 0.6) is 11.5 Å². The summed E-state index contributed by atoms with van der Waals surface area (Å²) in [6, 6.07) is 5.77. The van der Waals surface area contributed by atoms with E-state index >= 15 is 0 Å². The van der Waals surface area contributed by atoms with Gasteiger partial charge in [0, 0.05) is 36.8 Å². The van der Waals surface area contributed by atoms with Gasteiger partial charge in [0.1, 0.15) is 11.5 Å². The van der Waals surface area contributed by atoms with Crippen LogP contribution in [0.2, 0.25) is 0 Å². The predicted octanol–water partition coefficient (Wildman–Crippen LogP) is 2.77. The first-order chi connectivity index (χ1) is 11.4. The Bertz CT molecular complexity index is 530. The Morgan fingerprint density at radius 1 is 1.08 bits per heavy atom. The Morgan fingerprint density at radius 3 is 2.36 bits per heavy atom. The maximum Gasteiger partial charge on any atom is 0.191 e. The molecule has 1 aromatic rings. The van der Waals surface area contributed by atoms with Gasteiger partial charge in [0.2, 0.25) is 0 Å². The minimum absolute atomic E-state index is 0. The Labute approximate surface area is 169 Å². The molecule has 1 rings (SSSR count). The van der Waals surface area contributed by atoms with Crippen molar-refractivity contribution in [1.29, 1.82) is 0 Å². The molecule has 6 nitrogen and oxygen atoms in total. The van der Waals surface area contributed by atoms with Crippen molar-refractivity contribution < 1.29 is 9.47 Å². The number of methoxy groups -OCH3 is 2. The number of rotatable bonds is 8. The second-order valence-corrected chi connectivity index (χ2v) is 6.48. The van der Waals surface area contributed by atoms with E-state index in [1.165, 1.54) is 0 Å². The molecule has 144 valence electrons. The average Bonchev–Trinajstić information content (AvgIpc) is 2.55. The fourth-order valence-electron chi connectivity index (χ4n) is 2.11. The van der Waals surface area contributed by atoms with Crippen molar-refractivity contribution in [2.45, 2.75) is 39.8 Å². The normalized spacial score (nSPS) is 11.5. The third kappa shape index (κ3) is 9.74. The number of halogens is 1. The lowest BCUT2D eigenvalue weighted by Crippen LogP contribution is -2.44. The molecule has 0 spiro atoms. The highest BCUT2D eigenvalue weighted by Crippen LogP contribution is 2.25. The van der Waals surface area contributed by atoms with Crippen LogP contribution in [0.4, 0.5) is 0 Å². The number of guanidine groups is 1. The minimum atomic E-state index is 0. The number of nitrogens with zero attached hydrogens (tertiary/aromatic N) is 1. The topological polar surface area (TPSA) is 66.9 Å². The van der Waals surface area contributed by atoms with Crippen molar-refractivity contribution in [3.8, 4) is 11.5 Å². The second kappa shape index (κ2) is 12.2. The largest absolute Gasteiger partial charge is 0.497 e. The molecule has 0 amide bonds. The molecule has 0 saturated carbocycles. The fourth-order valence-corrected chi connectivity index (χ4v) is 2.11. The minimum Gasteiger partial charge on any atom is -0.497 e. The van der Waals surface area contributed by atoms with Crippen LogP contribution in [0, 0.1) is 0 Å². The van der Waals surface area contributed by atoms with Crippen LogP contribution in [0.25, 0.3) is 0 Å². The molecule has 0 aliphatic carbocycles. The maximum absolute atomic E-state index is 5.42. The molecule has 0 heterocycles. The van der Waals surface area contributed by atoms with Gasteiger partial charge in [-0.25, -0.2) is 4.99 Å². The zero-order valence-corrected chi connectivity index (χ0v) is 18.6. The molecule has 0 aliphatic rings. The second-order valence-electron chi connectivity index (χ2n) is 6.48. The maximum atomic E-state index is 5.42. The molecule has 0 fully saturated rings. The summed E-state index contributed by atoms with van der Waals surface area (Å²) < 4.78 is 10.6. The van der Waals surface area contributed by atoms with Gasteiger partial charge in [0.05, 0.1) is 20.8 Å². The molecular formula is C18H33IN4O2. The number of benzene rings is 1. The van der Waals surface area contributed by atoms with Crippen LogP contribution in [0.3, 0.4) is 0 Å². The van der Waals surface area contributed by atoms with Crippen LogP contribution in [-0.4, -0.2) is 45.4 Å². The van der Waals surface area contributed by atoms with E-state index in [-0.39, 0.29) is 29.5 Å². The number of aliphatic imine (C=N–C) groups is 1. The smallest absolute Gasteiger partial charge is 0.191 e. The van der Waals surface area contributed by atoms with E-state index in [0.717, 1.165) is 42.7 Å². The van der Waals surface area contributed by atoms with Gasteiger partial charge in [-0.3, -0.25) is 0 Å². The van der Waals surface area contributed by atoms with Crippen molar-refractivity contribution in [2.75, 3.05) is 33.9 Å². The summed E-state index contributed by atoms with van der Waals surface area (Å²) in [6.45, 7) is 11.6. The molecule has 0 aliphatic heterocycles. The third-order valence-corrected chi connectivity index (χ3v) is 3.32. The zero-order valence-electron chi connectivity index (χ0n) is 16.2. The van der Waals surface area contributed by atoms with Crippen molar-refractivity contribution in [2.24, 2.45) is 4.99 Å². The summed E-state index contributed by atoms with van der Waals surface area (Å²) in [7, 11) is 3.30. The highest BCUT2D eigenvalue weighted by atomic mass is 127. The van der Waals surface area contributed by atoms with Gasteiger partial charge >= 0.3 is 0 Å². The Kier molecular flexibility index (Phi) is 11.6. The van der Waals surface area contributed by atoms with Crippen molar-refractivity contribution in [1.82, 2.24) is 16.0 Å². The van der Waals surface area contributed by atoms with Gasteiger partial charge in [0.25, 0.3) is 0 Å². The fraction of sp³-hybridized carbons (Fsp3) is 0.611. The SMILES string of the molecule is CCNC(=NCc1ccc(OC)cc1OC)NCCNC(C)(C)C.I. The van der Waals surface area contributed by atoms with Gasteiger partial charge in [-0.2, -0.15) is 0 Å². The van der Waals surface area contributed by atoms with Crippen LogP contribution in [0.15, 0.2) is 23.2 Å². The first kappa shape index (κ1) is 23.8. The number of hydrogen-bond acceptors (Lipinski definition) is 4. The van der Waals surface area contributed by atoms with Crippen LogP contribution >= 0.6 is 24.0 Å². The van der Waals surface area contributed by atoms with Gasteiger partial charge in [-0.15, -0.1) is 24.0 Å². The molecule has 0 atom stereocenters. The van der Waals surface area contributed by atoms with E-state index in [1.807, 2.05) is 18.2 Å². The average molecular weight is 464 g/mol. The molecule has 0 radical (unpaired) electrons. The summed E-state index contributed by atoms with van der Waals surface area (Å²) in [5, 5.41) is 10.0. The summed E-state index contributed by atoms with van der Waals surface area (Å²) in [5.74, 6) is 2.35. The van der Waals surface area contributed by atoms with E-state index in [9.17, 15) is 0 Å². The van der Waals surface area contributed by atoms with Crippen LogP contribution in [-0.2, 0) is 6.54 Å². The Balaban J connectivity index is 0.00000576. The molecule has 0 unspecified atom stereocenters. The zero-order chi connectivity index (χ0) is 18.0. The first-order valence-corrected chi connectivity index (χ1v) is 8.37. The quantitative estimate of drug-likeness (QED) is 0.239. The number of nitrogens with one attached hydrogen (secondary N) is 3. The van der Waals surface area contributed by atoms with Crippen LogP contribution < -0.4 is 25.4 Å². The molecule has 0 bridgehead atoms. The lowest BCUT2D eigenvalue weighted by molar-refractivity contribution is 0.391. The standard InChI is InChI=1S/C18H32N4O2.HI/c1-7-19-17(20-10-11-22-18(2,3)4)21-13-14-8-9-15(23-5)12-16(14)24-6;/h8-9,12,22H,7,10-11,13H2,1-6H3,(H2,19,20,21);1H. The Hall–Kier alpha value is -1.22. The highest BCUT2D eigenvalue weighted by Gasteiger charge is 2.08. The van der Waals surface area contributed by atoms with Crippen molar-refractivity contribution in [3.05, 3.63) is 23.8 Å². The predicted molar refractivity (Wildman–Crippen MR) is 116 cm³/mol. The van der Waals surface area contributed by atoms with E-state index in [2.05, 4.69) is 48.6 Å². The lowest BCUT2D eigenvalue weighted by Gasteiger charge is -2.21. The summed E-state index contributed by atoms with van der Waals surface area (Å²) in [5.41, 5.74) is 1.14. The van der Waals surface area contributed by atoms with E-state index in [4.69, 9.17) is 9.47 Å². The van der Waals surface area contributed by atoms with Gasteiger partial charge < -0.3 is 25.4 Å². The summed E-state index contributed by atoms with van der Waals surface area (Å²) in [4.78, 5) is 4.63. The Morgan fingerprint density at radius 2 is 1.80 bits per heavy atom. The lowest BCUT2D eigenvalue weighted by atomic mass is 10.1. The summed E-state index contributed by atoms with van der Waals surface area (Å²) >= 11 is 0. The molecule has 25 heavy (non-hydrogen) atoms. The molecule has 0 aromatic heterocycles. The van der Waals surface area contributed by atoms with E-state index in [1.54, 1.807) is 14.2 Å². The monoisotopic (exact) mass is 464 g/mol. The molecular weight excluding hydrogens is 431 g/mol. The van der Waals surface area contributed by atoms with Crippen molar-refractivity contribution >= 4 is 29.9 Å². The van der Waals surface area contributed by atoms with Crippen molar-refractivity contribution in [3.63, 3.8) is 0 Å². The molecule has 3 N–H and O–H groups in total. The number of hydrogen-bond donors (Lipinski definition) is 3. The molecule has 1 aromatic carbocycles. The van der Waals surface area contributed by atoms with Gasteiger partial charge in [0.15, 0.2) is 5.96 Å². The molecule has 0 saturated heterocycles. The highest BCUT2D eigenvalue weighted by molar-refractivity contribution is 14.0. The number of ether oxygens (including phenoxy) is 2. The summed E-state index contributed by atoms with van der Waals surface area (Å²) in [6.07, 6.45) is 0. The van der Waals surface area contributed by atoms with Crippen LogP contribution in [0.1, 0.15) is 33.3 Å². The van der Waals surface area contributed by atoms with Gasteiger partial charge in [-0.05, 0) is 39.8 Å². The van der Waals surface area contributed by atoms with E-state index < -0.39 is 0 Å². The van der Waals surface area contributed by atoms with Gasteiger partial charge in [-0.1, -0.05) is 0 Å². The third-order valence-electron chi connectivity index (χ3n) is 3.32.